The van der Waals surface area contributed by atoms with Gasteiger partial charge in [-0.3, -0.25) is 4.79 Å². The van der Waals surface area contributed by atoms with Gasteiger partial charge in [-0.2, -0.15) is 13.2 Å². The van der Waals surface area contributed by atoms with E-state index in [-0.39, 0.29) is 24.3 Å². The number of hydrogen-bond acceptors (Lipinski definition) is 1. The van der Waals surface area contributed by atoms with E-state index in [2.05, 4.69) is 5.32 Å². The molecule has 0 saturated heterocycles. The van der Waals surface area contributed by atoms with Crippen molar-refractivity contribution in [1.29, 1.82) is 0 Å². The molecule has 0 bridgehead atoms. The van der Waals surface area contributed by atoms with Crippen molar-refractivity contribution < 1.29 is 18.0 Å². The van der Waals surface area contributed by atoms with E-state index in [1.165, 1.54) is 0 Å². The summed E-state index contributed by atoms with van der Waals surface area (Å²) in [5.74, 6) is -0.807. The van der Waals surface area contributed by atoms with Crippen molar-refractivity contribution in [2.24, 2.45) is 10.8 Å². The van der Waals surface area contributed by atoms with Crippen LogP contribution in [0.3, 0.4) is 0 Å². The Kier molecular flexibility index (Phi) is 2.71. The van der Waals surface area contributed by atoms with Crippen LogP contribution in [0.15, 0.2) is 0 Å². The second-order valence-corrected chi connectivity index (χ2v) is 6.01. The third-order valence-corrected chi connectivity index (χ3v) is 4.25. The SMILES string of the molecule is CC1(C)CC1NC(=O)C1(C(F)(F)F)CCCC1. The molecule has 0 spiro atoms. The minimum atomic E-state index is -4.42. The molecule has 1 atom stereocenters. The van der Waals surface area contributed by atoms with Crippen molar-refractivity contribution in [2.75, 3.05) is 0 Å². The Hall–Kier alpha value is -0.740. The Morgan fingerprint density at radius 1 is 1.24 bits per heavy atom. The molecule has 2 rings (SSSR count). The molecule has 0 aromatic rings. The molecular weight excluding hydrogens is 231 g/mol. The average Bonchev–Trinajstić information content (AvgIpc) is 2.67. The largest absolute Gasteiger partial charge is 0.403 e. The molecule has 2 aliphatic rings. The normalized spacial score (nSPS) is 30.1. The fraction of sp³-hybridized carbons (Fsp3) is 0.917. The van der Waals surface area contributed by atoms with Crippen LogP contribution in [0, 0.1) is 10.8 Å². The summed E-state index contributed by atoms with van der Waals surface area (Å²) in [6, 6.07) is -0.0881. The molecule has 0 heterocycles. The number of amides is 1. The van der Waals surface area contributed by atoms with Gasteiger partial charge in [0.1, 0.15) is 5.41 Å². The molecule has 98 valence electrons. The van der Waals surface area contributed by atoms with Crippen LogP contribution in [0.5, 0.6) is 0 Å². The summed E-state index contributed by atoms with van der Waals surface area (Å²) in [6.45, 7) is 3.90. The van der Waals surface area contributed by atoms with Gasteiger partial charge in [-0.1, -0.05) is 26.7 Å². The highest BCUT2D eigenvalue weighted by atomic mass is 19.4. The first kappa shape index (κ1) is 12.7. The molecule has 0 aliphatic heterocycles. The lowest BCUT2D eigenvalue weighted by Crippen LogP contribution is -2.50. The number of hydrogen-bond donors (Lipinski definition) is 1. The van der Waals surface area contributed by atoms with Crippen molar-refractivity contribution >= 4 is 5.91 Å². The van der Waals surface area contributed by atoms with Crippen molar-refractivity contribution in [1.82, 2.24) is 5.32 Å². The summed E-state index contributed by atoms with van der Waals surface area (Å²) in [6.07, 6.45) is -2.80. The smallest absolute Gasteiger partial charge is 0.352 e. The van der Waals surface area contributed by atoms with Gasteiger partial charge in [-0.05, 0) is 24.7 Å². The highest BCUT2D eigenvalue weighted by molar-refractivity contribution is 5.84. The predicted octanol–water partition coefficient (Wildman–Crippen LogP) is 3.02. The fourth-order valence-electron chi connectivity index (χ4n) is 2.63. The highest BCUT2D eigenvalue weighted by Crippen LogP contribution is 2.52. The Balaban J connectivity index is 2.10. The second-order valence-electron chi connectivity index (χ2n) is 6.01. The number of rotatable bonds is 2. The van der Waals surface area contributed by atoms with Gasteiger partial charge in [-0.25, -0.2) is 0 Å². The summed E-state index contributed by atoms with van der Waals surface area (Å²) >= 11 is 0. The van der Waals surface area contributed by atoms with Crippen LogP contribution in [0.1, 0.15) is 46.0 Å². The maximum Gasteiger partial charge on any atom is 0.403 e. The van der Waals surface area contributed by atoms with Gasteiger partial charge in [-0.15, -0.1) is 0 Å². The van der Waals surface area contributed by atoms with Crippen molar-refractivity contribution in [3.8, 4) is 0 Å². The Bertz CT molecular complexity index is 329. The minimum Gasteiger partial charge on any atom is -0.352 e. The Morgan fingerprint density at radius 3 is 2.06 bits per heavy atom. The van der Waals surface area contributed by atoms with Crippen LogP contribution in [-0.2, 0) is 4.79 Å². The zero-order valence-electron chi connectivity index (χ0n) is 10.2. The maximum absolute atomic E-state index is 13.1. The van der Waals surface area contributed by atoms with Crippen LogP contribution >= 0.6 is 0 Å². The molecule has 1 unspecified atom stereocenters. The molecule has 1 amide bonds. The van der Waals surface area contributed by atoms with Crippen LogP contribution in [0.4, 0.5) is 13.2 Å². The third kappa shape index (κ3) is 2.04. The lowest BCUT2D eigenvalue weighted by atomic mass is 9.84. The first-order valence-corrected chi connectivity index (χ1v) is 6.07. The quantitative estimate of drug-likeness (QED) is 0.800. The van der Waals surface area contributed by atoms with Gasteiger partial charge in [0.25, 0.3) is 0 Å². The summed E-state index contributed by atoms with van der Waals surface area (Å²) in [7, 11) is 0. The molecule has 0 aromatic heterocycles. The van der Waals surface area contributed by atoms with Crippen molar-refractivity contribution in [2.45, 2.75) is 58.2 Å². The summed E-state index contributed by atoms with van der Waals surface area (Å²) in [5, 5.41) is 2.57. The number of carbonyl (C=O) groups is 1. The Morgan fingerprint density at radius 2 is 1.71 bits per heavy atom. The van der Waals surface area contributed by atoms with Gasteiger partial charge < -0.3 is 5.32 Å². The second kappa shape index (κ2) is 3.62. The zero-order valence-corrected chi connectivity index (χ0v) is 10.2. The lowest BCUT2D eigenvalue weighted by Gasteiger charge is -2.30. The lowest BCUT2D eigenvalue weighted by molar-refractivity contribution is -0.220. The Labute approximate surface area is 98.9 Å². The molecular formula is C12H18F3NO. The van der Waals surface area contributed by atoms with Crippen molar-refractivity contribution in [3.05, 3.63) is 0 Å². The topological polar surface area (TPSA) is 29.1 Å². The van der Waals surface area contributed by atoms with E-state index < -0.39 is 17.5 Å². The fourth-order valence-corrected chi connectivity index (χ4v) is 2.63. The zero-order chi connectivity index (χ0) is 12.9. The monoisotopic (exact) mass is 249 g/mol. The predicted molar refractivity (Wildman–Crippen MR) is 57.3 cm³/mol. The van der Waals surface area contributed by atoms with Gasteiger partial charge in [0.15, 0.2) is 0 Å². The minimum absolute atomic E-state index is 0.0406. The summed E-state index contributed by atoms with van der Waals surface area (Å²) in [5.41, 5.74) is -2.16. The van der Waals surface area contributed by atoms with Gasteiger partial charge in [0.2, 0.25) is 5.91 Å². The van der Waals surface area contributed by atoms with E-state index in [1.54, 1.807) is 0 Å². The molecule has 1 N–H and O–H groups in total. The molecule has 0 radical (unpaired) electrons. The molecule has 2 nitrogen and oxygen atoms in total. The number of nitrogens with one attached hydrogen (secondary N) is 1. The number of halogens is 3. The first-order chi connectivity index (χ1) is 7.69. The summed E-state index contributed by atoms with van der Waals surface area (Å²) < 4.78 is 39.2. The molecule has 2 fully saturated rings. The molecule has 2 saturated carbocycles. The molecule has 17 heavy (non-hydrogen) atoms. The van der Waals surface area contributed by atoms with E-state index >= 15 is 0 Å². The van der Waals surface area contributed by atoms with Crippen LogP contribution in [0.2, 0.25) is 0 Å². The average molecular weight is 249 g/mol. The van der Waals surface area contributed by atoms with E-state index in [4.69, 9.17) is 0 Å². The maximum atomic E-state index is 13.1. The van der Waals surface area contributed by atoms with Crippen molar-refractivity contribution in [3.63, 3.8) is 0 Å². The van der Waals surface area contributed by atoms with Gasteiger partial charge in [0, 0.05) is 6.04 Å². The molecule has 0 aromatic carbocycles. The van der Waals surface area contributed by atoms with Crippen LogP contribution in [-0.4, -0.2) is 18.1 Å². The molecule has 5 heteroatoms. The number of alkyl halides is 3. The standard InChI is InChI=1S/C12H18F3NO/c1-10(2)7-8(10)16-9(17)11(12(13,14)15)5-3-4-6-11/h8H,3-7H2,1-2H3,(H,16,17). The van der Waals surface area contributed by atoms with E-state index in [0.29, 0.717) is 12.8 Å². The van der Waals surface area contributed by atoms with Gasteiger partial charge in [0.05, 0.1) is 0 Å². The van der Waals surface area contributed by atoms with E-state index in [1.807, 2.05) is 13.8 Å². The first-order valence-electron chi connectivity index (χ1n) is 6.07. The van der Waals surface area contributed by atoms with Gasteiger partial charge >= 0.3 is 6.18 Å². The van der Waals surface area contributed by atoms with Crippen LogP contribution in [0.25, 0.3) is 0 Å². The third-order valence-electron chi connectivity index (χ3n) is 4.25. The van der Waals surface area contributed by atoms with E-state index in [9.17, 15) is 18.0 Å². The highest BCUT2D eigenvalue weighted by Gasteiger charge is 2.62. The van der Waals surface area contributed by atoms with E-state index in [0.717, 1.165) is 6.42 Å². The summed E-state index contributed by atoms with van der Waals surface area (Å²) in [4.78, 5) is 11.9. The molecule has 2 aliphatic carbocycles. The van der Waals surface area contributed by atoms with Crippen LogP contribution < -0.4 is 5.32 Å². The number of carbonyl (C=O) groups excluding carboxylic acids is 1.